The molecule has 2 aliphatic rings. The number of hydrogen-bond donors (Lipinski definition) is 1. The predicted molar refractivity (Wildman–Crippen MR) is 119 cm³/mol. The minimum atomic E-state index is -1.39. The molecule has 7 heteroatoms. The van der Waals surface area contributed by atoms with Gasteiger partial charge in [0.25, 0.3) is 0 Å². The van der Waals surface area contributed by atoms with Crippen LogP contribution in [0.1, 0.15) is 24.9 Å². The molecule has 1 N–H and O–H groups in total. The van der Waals surface area contributed by atoms with Crippen LogP contribution in [0.4, 0.5) is 5.69 Å². The molecule has 2 aliphatic heterocycles. The lowest BCUT2D eigenvalue weighted by molar-refractivity contribution is -0.154. The van der Waals surface area contributed by atoms with E-state index in [4.69, 9.17) is 9.47 Å². The van der Waals surface area contributed by atoms with Crippen LogP contribution < -0.4 is 15.0 Å². The van der Waals surface area contributed by atoms with Crippen LogP contribution in [-0.2, 0) is 19.1 Å². The molecule has 0 aromatic heterocycles. The number of amides is 2. The van der Waals surface area contributed by atoms with Gasteiger partial charge in [-0.2, -0.15) is 0 Å². The van der Waals surface area contributed by atoms with Crippen molar-refractivity contribution in [3.8, 4) is 5.75 Å². The van der Waals surface area contributed by atoms with E-state index in [1.54, 1.807) is 56.5 Å². The van der Waals surface area contributed by atoms with E-state index in [9.17, 15) is 14.4 Å². The number of rotatable bonds is 7. The third kappa shape index (κ3) is 3.29. The average molecular weight is 434 g/mol. The van der Waals surface area contributed by atoms with Crippen LogP contribution in [0.2, 0.25) is 0 Å². The molecule has 2 aromatic rings. The Balaban J connectivity index is 1.85. The Kier molecular flexibility index (Phi) is 5.84. The fourth-order valence-electron chi connectivity index (χ4n) is 4.88. The minimum absolute atomic E-state index is 0.154. The van der Waals surface area contributed by atoms with E-state index >= 15 is 0 Å². The molecule has 2 heterocycles. The second kappa shape index (κ2) is 8.59. The Labute approximate surface area is 187 Å². The summed E-state index contributed by atoms with van der Waals surface area (Å²) < 4.78 is 10.6. The van der Waals surface area contributed by atoms with Crippen LogP contribution in [0.15, 0.2) is 67.3 Å². The summed E-state index contributed by atoms with van der Waals surface area (Å²) in [6.45, 7) is 5.67. The van der Waals surface area contributed by atoms with Crippen molar-refractivity contribution in [3.63, 3.8) is 0 Å². The largest absolute Gasteiger partial charge is 0.497 e. The van der Waals surface area contributed by atoms with Crippen LogP contribution in [0.5, 0.6) is 5.75 Å². The normalized spacial score (nSPS) is 26.7. The topological polar surface area (TPSA) is 84.9 Å². The summed E-state index contributed by atoms with van der Waals surface area (Å²) in [7, 11) is 1.58. The maximum atomic E-state index is 13.7. The molecule has 4 atom stereocenters. The zero-order valence-electron chi connectivity index (χ0n) is 18.1. The molecular formula is C25H26N2O5. The zero-order chi connectivity index (χ0) is 22.9. The maximum absolute atomic E-state index is 13.7. The molecule has 2 amide bonds. The van der Waals surface area contributed by atoms with Crippen LogP contribution in [-0.4, -0.2) is 37.0 Å². The molecule has 0 bridgehead atoms. The van der Waals surface area contributed by atoms with Gasteiger partial charge in [-0.1, -0.05) is 36.4 Å². The molecule has 7 nitrogen and oxygen atoms in total. The van der Waals surface area contributed by atoms with Crippen molar-refractivity contribution < 1.29 is 23.9 Å². The number of fused-ring (bicyclic) bond motifs is 1. The van der Waals surface area contributed by atoms with E-state index < -0.39 is 35.3 Å². The minimum Gasteiger partial charge on any atom is -0.497 e. The summed E-state index contributed by atoms with van der Waals surface area (Å²) in [5.74, 6) is -2.31. The number of hydrogen-bond acceptors (Lipinski definition) is 6. The summed E-state index contributed by atoms with van der Waals surface area (Å²) in [4.78, 5) is 41.8. The van der Waals surface area contributed by atoms with Gasteiger partial charge in [-0.3, -0.25) is 19.7 Å². The number of anilines is 1. The molecule has 4 rings (SSSR count). The summed E-state index contributed by atoms with van der Waals surface area (Å²) in [5, 5.41) is 3.32. The number of methoxy groups -OCH3 is 1. The smallest absolute Gasteiger partial charge is 0.327 e. The second-order valence-electron chi connectivity index (χ2n) is 7.93. The second-order valence-corrected chi connectivity index (χ2v) is 7.93. The fourth-order valence-corrected chi connectivity index (χ4v) is 4.88. The first kappa shape index (κ1) is 21.8. The number of carbonyl (C=O) groups excluding carboxylic acids is 3. The molecule has 0 aliphatic carbocycles. The van der Waals surface area contributed by atoms with E-state index in [2.05, 4.69) is 11.9 Å². The SMILES string of the molecule is C=CC[C@@]1(C(=O)OCC)NC(c2ccc(OC)cc2)C2C(=O)N(c3ccccc3)C(=O)C21. The quantitative estimate of drug-likeness (QED) is 0.410. The first-order chi connectivity index (χ1) is 15.5. The van der Waals surface area contributed by atoms with E-state index in [-0.39, 0.29) is 18.9 Å². The molecule has 2 aromatic carbocycles. The Morgan fingerprint density at radius 3 is 2.41 bits per heavy atom. The number of para-hydroxylation sites is 1. The Hall–Kier alpha value is -3.45. The highest BCUT2D eigenvalue weighted by atomic mass is 16.5. The van der Waals surface area contributed by atoms with Crippen LogP contribution in [0, 0.1) is 11.8 Å². The van der Waals surface area contributed by atoms with Gasteiger partial charge in [0.05, 0.1) is 31.2 Å². The van der Waals surface area contributed by atoms with Gasteiger partial charge in [-0.25, -0.2) is 4.90 Å². The van der Waals surface area contributed by atoms with Crippen molar-refractivity contribution in [2.45, 2.75) is 24.9 Å². The van der Waals surface area contributed by atoms with Crippen LogP contribution in [0.25, 0.3) is 0 Å². The lowest BCUT2D eigenvalue weighted by Crippen LogP contribution is -2.56. The third-order valence-corrected chi connectivity index (χ3v) is 6.25. The molecule has 0 saturated carbocycles. The van der Waals surface area contributed by atoms with Gasteiger partial charge in [0, 0.05) is 6.04 Å². The van der Waals surface area contributed by atoms with Gasteiger partial charge in [-0.05, 0) is 43.2 Å². The van der Waals surface area contributed by atoms with Gasteiger partial charge in [0.2, 0.25) is 11.8 Å². The zero-order valence-corrected chi connectivity index (χ0v) is 18.1. The number of ether oxygens (including phenoxy) is 2. The Morgan fingerprint density at radius 2 is 1.81 bits per heavy atom. The first-order valence-corrected chi connectivity index (χ1v) is 10.6. The summed E-state index contributed by atoms with van der Waals surface area (Å²) in [6.07, 6.45) is 1.74. The molecular weight excluding hydrogens is 408 g/mol. The number of benzene rings is 2. The molecule has 0 spiro atoms. The lowest BCUT2D eigenvalue weighted by atomic mass is 9.77. The standard InChI is InChI=1S/C25H26N2O5/c1-4-15-25(24(30)32-5-2)20-19(21(26-25)16-11-13-18(31-3)14-12-16)22(28)27(23(20)29)17-9-7-6-8-10-17/h4,6-14,19-21,26H,1,5,15H2,2-3H3/t19?,20?,21?,25-/m1/s1. The highest BCUT2D eigenvalue weighted by molar-refractivity contribution is 6.24. The molecule has 32 heavy (non-hydrogen) atoms. The van der Waals surface area contributed by atoms with Crippen molar-refractivity contribution in [1.82, 2.24) is 5.32 Å². The van der Waals surface area contributed by atoms with E-state index in [0.29, 0.717) is 11.4 Å². The maximum Gasteiger partial charge on any atom is 0.327 e. The number of esters is 1. The van der Waals surface area contributed by atoms with E-state index in [1.807, 2.05) is 18.2 Å². The van der Waals surface area contributed by atoms with Crippen LogP contribution in [0.3, 0.4) is 0 Å². The summed E-state index contributed by atoms with van der Waals surface area (Å²) in [6, 6.07) is 15.5. The number of nitrogens with one attached hydrogen (secondary N) is 1. The van der Waals surface area contributed by atoms with E-state index in [0.717, 1.165) is 5.56 Å². The van der Waals surface area contributed by atoms with Crippen LogP contribution >= 0.6 is 0 Å². The third-order valence-electron chi connectivity index (χ3n) is 6.25. The Bertz CT molecular complexity index is 1040. The van der Waals surface area contributed by atoms with Gasteiger partial charge >= 0.3 is 5.97 Å². The highest BCUT2D eigenvalue weighted by Crippen LogP contribution is 2.51. The van der Waals surface area contributed by atoms with Crippen molar-refractivity contribution >= 4 is 23.5 Å². The molecule has 2 fully saturated rings. The van der Waals surface area contributed by atoms with E-state index in [1.165, 1.54) is 4.90 Å². The molecule has 2 saturated heterocycles. The lowest BCUT2D eigenvalue weighted by Gasteiger charge is -2.32. The monoisotopic (exact) mass is 434 g/mol. The van der Waals surface area contributed by atoms with Crippen molar-refractivity contribution in [2.24, 2.45) is 11.8 Å². The van der Waals surface area contributed by atoms with Crippen molar-refractivity contribution in [1.29, 1.82) is 0 Å². The van der Waals surface area contributed by atoms with Crippen molar-refractivity contribution in [2.75, 3.05) is 18.6 Å². The number of nitrogens with zero attached hydrogens (tertiary/aromatic N) is 1. The van der Waals surface area contributed by atoms with Gasteiger partial charge in [0.1, 0.15) is 11.3 Å². The van der Waals surface area contributed by atoms with Gasteiger partial charge in [-0.15, -0.1) is 6.58 Å². The molecule has 166 valence electrons. The number of imide groups is 1. The van der Waals surface area contributed by atoms with Gasteiger partial charge in [0.15, 0.2) is 0 Å². The first-order valence-electron chi connectivity index (χ1n) is 10.6. The van der Waals surface area contributed by atoms with Gasteiger partial charge < -0.3 is 9.47 Å². The predicted octanol–water partition coefficient (Wildman–Crippen LogP) is 3.02. The summed E-state index contributed by atoms with van der Waals surface area (Å²) >= 11 is 0. The van der Waals surface area contributed by atoms with Crippen molar-refractivity contribution in [3.05, 3.63) is 72.8 Å². The average Bonchev–Trinajstić information content (AvgIpc) is 3.29. The molecule has 3 unspecified atom stereocenters. The highest BCUT2D eigenvalue weighted by Gasteiger charge is 2.68. The Morgan fingerprint density at radius 1 is 1.12 bits per heavy atom. The number of carbonyl (C=O) groups is 3. The molecule has 0 radical (unpaired) electrons. The fraction of sp³-hybridized carbons (Fsp3) is 0.320. The summed E-state index contributed by atoms with van der Waals surface area (Å²) in [5.41, 5.74) is -0.114.